The van der Waals surface area contributed by atoms with Gasteiger partial charge in [0, 0.05) is 10.0 Å². The molecule has 2 rings (SSSR count). The smallest absolute Gasteiger partial charge is 0.129 e. The molecule has 4 heteroatoms. The highest BCUT2D eigenvalue weighted by molar-refractivity contribution is 9.10. The van der Waals surface area contributed by atoms with Crippen molar-refractivity contribution in [1.29, 1.82) is 0 Å². The minimum absolute atomic E-state index is 0.168. The Morgan fingerprint density at radius 2 is 1.90 bits per heavy atom. The topological polar surface area (TPSA) is 29.5 Å². The van der Waals surface area contributed by atoms with Crippen molar-refractivity contribution in [3.63, 3.8) is 0 Å². The van der Waals surface area contributed by atoms with Gasteiger partial charge in [-0.05, 0) is 42.3 Å². The molecule has 2 nitrogen and oxygen atoms in total. The maximum atomic E-state index is 13.6. The van der Waals surface area contributed by atoms with Crippen molar-refractivity contribution in [2.45, 2.75) is 26.1 Å². The predicted molar refractivity (Wildman–Crippen MR) is 80.1 cm³/mol. The zero-order valence-electron chi connectivity index (χ0n) is 11.1. The van der Waals surface area contributed by atoms with Crippen LogP contribution in [-0.2, 0) is 6.61 Å². The number of halogens is 2. The summed E-state index contributed by atoms with van der Waals surface area (Å²) in [6, 6.07) is 12.0. The van der Waals surface area contributed by atoms with Gasteiger partial charge in [-0.3, -0.25) is 0 Å². The number of hydrogen-bond donors (Lipinski definition) is 1. The zero-order valence-corrected chi connectivity index (χ0v) is 12.7. The predicted octanol–water partition coefficient (Wildman–Crippen LogP) is 4.61. The molecule has 0 heterocycles. The van der Waals surface area contributed by atoms with Gasteiger partial charge in [0.1, 0.15) is 18.2 Å². The van der Waals surface area contributed by atoms with Crippen molar-refractivity contribution in [1.82, 2.24) is 0 Å². The summed E-state index contributed by atoms with van der Waals surface area (Å²) >= 11 is 3.31. The molecular weight excluding hydrogens is 323 g/mol. The van der Waals surface area contributed by atoms with Gasteiger partial charge in [0.2, 0.25) is 0 Å². The number of aliphatic hydroxyl groups excluding tert-OH is 1. The Labute approximate surface area is 126 Å². The number of ether oxygens (including phenoxy) is 1. The van der Waals surface area contributed by atoms with Crippen molar-refractivity contribution < 1.29 is 14.2 Å². The van der Waals surface area contributed by atoms with Crippen LogP contribution in [0.25, 0.3) is 0 Å². The lowest BCUT2D eigenvalue weighted by Gasteiger charge is -2.10. The molecule has 0 aliphatic heterocycles. The van der Waals surface area contributed by atoms with E-state index in [0.717, 1.165) is 10.0 Å². The van der Waals surface area contributed by atoms with Crippen LogP contribution in [0.4, 0.5) is 4.39 Å². The van der Waals surface area contributed by atoms with Gasteiger partial charge < -0.3 is 9.84 Å². The van der Waals surface area contributed by atoms with Gasteiger partial charge >= 0.3 is 0 Å². The first kappa shape index (κ1) is 15.0. The van der Waals surface area contributed by atoms with E-state index in [1.165, 1.54) is 6.07 Å². The Bertz CT molecular complexity index is 569. The summed E-state index contributed by atoms with van der Waals surface area (Å²) in [5, 5.41) is 9.70. The fraction of sp³-hybridized carbons (Fsp3) is 0.250. The van der Waals surface area contributed by atoms with E-state index in [4.69, 9.17) is 4.74 Å². The van der Waals surface area contributed by atoms with Crippen LogP contribution in [0.15, 0.2) is 46.9 Å². The van der Waals surface area contributed by atoms with E-state index >= 15 is 0 Å². The third-order valence-electron chi connectivity index (χ3n) is 3.05. The molecule has 20 heavy (non-hydrogen) atoms. The first-order valence-corrected chi connectivity index (χ1v) is 7.24. The standard InChI is InChI=1S/C16H16BrFO2/c1-2-16(19)11-3-6-14(7-4-11)20-10-12-9-13(17)5-8-15(12)18/h3-9,16,19H,2,10H2,1H3/t16-/m1/s1. The quantitative estimate of drug-likeness (QED) is 0.862. The summed E-state index contributed by atoms with van der Waals surface area (Å²) in [4.78, 5) is 0. The largest absolute Gasteiger partial charge is 0.489 e. The van der Waals surface area contributed by atoms with Crippen molar-refractivity contribution in [2.75, 3.05) is 0 Å². The third kappa shape index (κ3) is 3.81. The summed E-state index contributed by atoms with van der Waals surface area (Å²) in [5.41, 5.74) is 1.35. The normalized spacial score (nSPS) is 12.2. The average Bonchev–Trinajstić information content (AvgIpc) is 2.48. The van der Waals surface area contributed by atoms with E-state index in [9.17, 15) is 9.50 Å². The van der Waals surface area contributed by atoms with Crippen LogP contribution in [0.5, 0.6) is 5.75 Å². The second kappa shape index (κ2) is 6.86. The van der Waals surface area contributed by atoms with Crippen molar-refractivity contribution >= 4 is 15.9 Å². The molecule has 0 fully saturated rings. The first-order valence-electron chi connectivity index (χ1n) is 6.45. The van der Waals surface area contributed by atoms with Gasteiger partial charge in [-0.1, -0.05) is 35.0 Å². The van der Waals surface area contributed by atoms with Crippen molar-refractivity contribution in [2.24, 2.45) is 0 Å². The first-order chi connectivity index (χ1) is 9.60. The van der Waals surface area contributed by atoms with Crippen LogP contribution in [0, 0.1) is 5.82 Å². The highest BCUT2D eigenvalue weighted by Gasteiger charge is 2.06. The van der Waals surface area contributed by atoms with Crippen LogP contribution in [0.3, 0.4) is 0 Å². The van der Waals surface area contributed by atoms with E-state index in [1.54, 1.807) is 24.3 Å². The second-order valence-electron chi connectivity index (χ2n) is 4.52. The Balaban J connectivity index is 2.02. The summed E-state index contributed by atoms with van der Waals surface area (Å²) in [7, 11) is 0. The molecule has 106 valence electrons. The SMILES string of the molecule is CC[C@@H](O)c1ccc(OCc2cc(Br)ccc2F)cc1. The van der Waals surface area contributed by atoms with E-state index < -0.39 is 6.10 Å². The van der Waals surface area contributed by atoms with Gasteiger partial charge in [0.25, 0.3) is 0 Å². The molecule has 0 aromatic heterocycles. The van der Waals surface area contributed by atoms with Gasteiger partial charge in [0.05, 0.1) is 6.10 Å². The lowest BCUT2D eigenvalue weighted by Crippen LogP contribution is -1.99. The average molecular weight is 339 g/mol. The monoisotopic (exact) mass is 338 g/mol. The van der Waals surface area contributed by atoms with Crippen molar-refractivity contribution in [3.8, 4) is 5.75 Å². The minimum atomic E-state index is -0.452. The zero-order chi connectivity index (χ0) is 14.5. The second-order valence-corrected chi connectivity index (χ2v) is 5.43. The molecule has 0 bridgehead atoms. The van der Waals surface area contributed by atoms with Gasteiger partial charge in [0.15, 0.2) is 0 Å². The summed E-state index contributed by atoms with van der Waals surface area (Å²) in [5.74, 6) is 0.364. The lowest BCUT2D eigenvalue weighted by atomic mass is 10.1. The molecule has 0 radical (unpaired) electrons. The molecular formula is C16H16BrFO2. The molecule has 0 saturated carbocycles. The minimum Gasteiger partial charge on any atom is -0.489 e. The van der Waals surface area contributed by atoms with Crippen LogP contribution < -0.4 is 4.74 Å². The molecule has 0 aliphatic rings. The molecule has 2 aromatic carbocycles. The lowest BCUT2D eigenvalue weighted by molar-refractivity contribution is 0.173. The number of hydrogen-bond acceptors (Lipinski definition) is 2. The Morgan fingerprint density at radius 1 is 1.20 bits per heavy atom. The Kier molecular flexibility index (Phi) is 5.15. The molecule has 0 amide bonds. The number of rotatable bonds is 5. The van der Waals surface area contributed by atoms with E-state index in [-0.39, 0.29) is 12.4 Å². The van der Waals surface area contributed by atoms with E-state index in [0.29, 0.717) is 17.7 Å². The highest BCUT2D eigenvalue weighted by atomic mass is 79.9. The van der Waals surface area contributed by atoms with Gasteiger partial charge in [-0.2, -0.15) is 0 Å². The Morgan fingerprint density at radius 3 is 2.55 bits per heavy atom. The third-order valence-corrected chi connectivity index (χ3v) is 3.55. The molecule has 0 spiro atoms. The maximum Gasteiger partial charge on any atom is 0.129 e. The van der Waals surface area contributed by atoms with Gasteiger partial charge in [-0.25, -0.2) is 4.39 Å². The highest BCUT2D eigenvalue weighted by Crippen LogP contribution is 2.22. The van der Waals surface area contributed by atoms with Crippen LogP contribution >= 0.6 is 15.9 Å². The summed E-state index contributed by atoms with van der Waals surface area (Å²) in [6.07, 6.45) is 0.218. The molecule has 0 unspecified atom stereocenters. The van der Waals surface area contributed by atoms with Crippen LogP contribution in [0.1, 0.15) is 30.6 Å². The number of aliphatic hydroxyl groups is 1. The summed E-state index contributed by atoms with van der Waals surface area (Å²) in [6.45, 7) is 2.09. The fourth-order valence-corrected chi connectivity index (χ4v) is 2.25. The molecule has 1 atom stereocenters. The molecule has 0 aliphatic carbocycles. The Hall–Kier alpha value is -1.39. The van der Waals surface area contributed by atoms with Gasteiger partial charge in [-0.15, -0.1) is 0 Å². The van der Waals surface area contributed by atoms with Crippen LogP contribution in [0.2, 0.25) is 0 Å². The van der Waals surface area contributed by atoms with E-state index in [1.807, 2.05) is 19.1 Å². The fourth-order valence-electron chi connectivity index (χ4n) is 1.84. The molecule has 1 N–H and O–H groups in total. The van der Waals surface area contributed by atoms with Crippen molar-refractivity contribution in [3.05, 3.63) is 63.9 Å². The number of benzene rings is 2. The maximum absolute atomic E-state index is 13.6. The summed E-state index contributed by atoms with van der Waals surface area (Å²) < 4.78 is 19.9. The molecule has 2 aromatic rings. The molecule has 0 saturated heterocycles. The van der Waals surface area contributed by atoms with Crippen LogP contribution in [-0.4, -0.2) is 5.11 Å². The van der Waals surface area contributed by atoms with E-state index in [2.05, 4.69) is 15.9 Å².